The quantitative estimate of drug-likeness (QED) is 0.294. The first kappa shape index (κ1) is 21.3. The highest BCUT2D eigenvalue weighted by Gasteiger charge is 2.45. The minimum Gasteiger partial charge on any atom is -0.458 e. The number of carbonyl (C=O) groups is 1. The molecule has 0 radical (unpaired) electrons. The number of hydrogen-bond donors (Lipinski definition) is 1. The number of aromatic nitrogens is 2. The first-order valence-corrected chi connectivity index (χ1v) is 10.9. The Hall–Kier alpha value is -3.52. The predicted molar refractivity (Wildman–Crippen MR) is 123 cm³/mol. The van der Waals surface area contributed by atoms with E-state index >= 15 is 0 Å². The van der Waals surface area contributed by atoms with Crippen LogP contribution >= 0.6 is 0 Å². The molecular weight excluding hydrogens is 422 g/mol. The van der Waals surface area contributed by atoms with Gasteiger partial charge in [-0.2, -0.15) is 0 Å². The molecule has 2 aromatic heterocycles. The van der Waals surface area contributed by atoms with E-state index in [2.05, 4.69) is 5.16 Å². The number of benzene rings is 1. The number of hydrogen-bond acceptors (Lipinski definition) is 7. The van der Waals surface area contributed by atoms with Gasteiger partial charge in [0.05, 0.1) is 35.2 Å². The van der Waals surface area contributed by atoms with Crippen LogP contribution in [-0.2, 0) is 33.1 Å². The number of para-hydroxylation sites is 1. The van der Waals surface area contributed by atoms with Gasteiger partial charge in [0, 0.05) is 22.1 Å². The van der Waals surface area contributed by atoms with Gasteiger partial charge in [-0.3, -0.25) is 4.79 Å². The van der Waals surface area contributed by atoms with Crippen molar-refractivity contribution in [1.29, 1.82) is 0 Å². The van der Waals surface area contributed by atoms with Crippen LogP contribution in [0.2, 0.25) is 0 Å². The van der Waals surface area contributed by atoms with Gasteiger partial charge in [0.2, 0.25) is 0 Å². The van der Waals surface area contributed by atoms with Crippen LogP contribution in [0.3, 0.4) is 0 Å². The Labute approximate surface area is 190 Å². The summed E-state index contributed by atoms with van der Waals surface area (Å²) in [5.74, 6) is -0.737. The Bertz CT molecular complexity index is 1400. The molecule has 2 aliphatic rings. The molecular formula is C25H25N3O5. The van der Waals surface area contributed by atoms with Crippen LogP contribution in [0.15, 0.2) is 40.3 Å². The largest absolute Gasteiger partial charge is 0.458 e. The van der Waals surface area contributed by atoms with Gasteiger partial charge in [-0.05, 0) is 39.3 Å². The number of nitrogens with zero attached hydrogens (tertiary/aromatic N) is 3. The number of rotatable bonds is 3. The summed E-state index contributed by atoms with van der Waals surface area (Å²) in [5.41, 5.74) is 1.59. The topological polar surface area (TPSA) is 103 Å². The molecule has 0 amide bonds. The highest BCUT2D eigenvalue weighted by molar-refractivity contribution is 6.02. The van der Waals surface area contributed by atoms with Gasteiger partial charge >= 0.3 is 5.97 Å². The molecule has 0 aliphatic carbocycles. The van der Waals surface area contributed by atoms with Crippen molar-refractivity contribution in [2.24, 2.45) is 5.16 Å². The first-order chi connectivity index (χ1) is 15.6. The Morgan fingerprint density at radius 2 is 2.03 bits per heavy atom. The highest BCUT2D eigenvalue weighted by Crippen LogP contribution is 2.39. The van der Waals surface area contributed by atoms with Crippen LogP contribution in [0, 0.1) is 0 Å². The number of pyridine rings is 2. The normalized spacial score (nSPS) is 19.4. The molecule has 0 bridgehead atoms. The second kappa shape index (κ2) is 7.25. The summed E-state index contributed by atoms with van der Waals surface area (Å²) in [6, 6.07) is 9.39. The average molecular weight is 447 g/mol. The molecule has 33 heavy (non-hydrogen) atoms. The maximum Gasteiger partial charge on any atom is 0.343 e. The molecule has 4 heterocycles. The fourth-order valence-electron chi connectivity index (χ4n) is 4.44. The number of carbonyl (C=O) groups excluding carboxylic acids is 1. The third-order valence-electron chi connectivity index (χ3n) is 6.15. The Morgan fingerprint density at radius 1 is 1.27 bits per heavy atom. The van der Waals surface area contributed by atoms with E-state index in [-0.39, 0.29) is 18.6 Å². The molecule has 1 aromatic carbocycles. The zero-order valence-electron chi connectivity index (χ0n) is 19.0. The molecule has 5 rings (SSSR count). The number of ether oxygens (including phenoxy) is 1. The van der Waals surface area contributed by atoms with Crippen LogP contribution in [0.5, 0.6) is 0 Å². The van der Waals surface area contributed by atoms with Gasteiger partial charge < -0.3 is 19.2 Å². The third-order valence-corrected chi connectivity index (χ3v) is 6.15. The zero-order valence-corrected chi connectivity index (χ0v) is 19.0. The van der Waals surface area contributed by atoms with E-state index < -0.39 is 17.2 Å². The van der Waals surface area contributed by atoms with E-state index in [1.54, 1.807) is 23.8 Å². The minimum atomic E-state index is -1.85. The molecule has 1 atom stereocenters. The molecule has 170 valence electrons. The standard InChI is InChI=1S/C25H25N3O5/c1-5-25(31)18-10-20-21-16(12-28(20)22(29)17(18)13-32-23(25)30)15(11-26-33-24(2,3)4)14-8-6-7-9-19(14)27-21/h6-11,31H,5,12-13H2,1-4H3/b26-11-/t25-/m0/s1. The summed E-state index contributed by atoms with van der Waals surface area (Å²) >= 11 is 0. The van der Waals surface area contributed by atoms with Crippen molar-refractivity contribution >= 4 is 23.1 Å². The Morgan fingerprint density at radius 3 is 2.76 bits per heavy atom. The first-order valence-electron chi connectivity index (χ1n) is 10.9. The van der Waals surface area contributed by atoms with E-state index in [1.165, 1.54) is 0 Å². The van der Waals surface area contributed by atoms with Crippen molar-refractivity contribution in [1.82, 2.24) is 9.55 Å². The van der Waals surface area contributed by atoms with Crippen molar-refractivity contribution in [2.75, 3.05) is 0 Å². The second-order valence-electron chi connectivity index (χ2n) is 9.41. The Balaban J connectivity index is 1.75. The maximum absolute atomic E-state index is 13.4. The van der Waals surface area contributed by atoms with Crippen molar-refractivity contribution in [3.05, 3.63) is 62.9 Å². The average Bonchev–Trinajstić information content (AvgIpc) is 3.14. The van der Waals surface area contributed by atoms with Crippen molar-refractivity contribution in [3.8, 4) is 11.4 Å². The van der Waals surface area contributed by atoms with Crippen molar-refractivity contribution < 1.29 is 19.5 Å². The van der Waals surface area contributed by atoms with Crippen LogP contribution in [0.4, 0.5) is 0 Å². The molecule has 0 saturated heterocycles. The van der Waals surface area contributed by atoms with E-state index in [9.17, 15) is 14.7 Å². The van der Waals surface area contributed by atoms with E-state index in [4.69, 9.17) is 14.6 Å². The smallest absolute Gasteiger partial charge is 0.343 e. The summed E-state index contributed by atoms with van der Waals surface area (Å²) < 4.78 is 6.76. The van der Waals surface area contributed by atoms with Crippen LogP contribution < -0.4 is 5.56 Å². The molecule has 0 fully saturated rings. The summed E-state index contributed by atoms with van der Waals surface area (Å²) in [4.78, 5) is 36.2. The monoisotopic (exact) mass is 447 g/mol. The minimum absolute atomic E-state index is 0.0990. The van der Waals surface area contributed by atoms with E-state index in [0.717, 1.165) is 22.0 Å². The molecule has 0 saturated carbocycles. The summed E-state index contributed by atoms with van der Waals surface area (Å²) in [6.07, 6.45) is 1.77. The lowest BCUT2D eigenvalue weighted by molar-refractivity contribution is -0.172. The third kappa shape index (κ3) is 3.24. The van der Waals surface area contributed by atoms with Crippen molar-refractivity contribution in [2.45, 2.75) is 58.5 Å². The zero-order chi connectivity index (χ0) is 23.5. The van der Waals surface area contributed by atoms with Crippen LogP contribution in [-0.4, -0.2) is 32.4 Å². The lowest BCUT2D eigenvalue weighted by Crippen LogP contribution is -2.44. The second-order valence-corrected chi connectivity index (χ2v) is 9.41. The van der Waals surface area contributed by atoms with E-state index in [0.29, 0.717) is 29.1 Å². The summed E-state index contributed by atoms with van der Waals surface area (Å²) in [6.45, 7) is 7.57. The maximum atomic E-state index is 13.4. The molecule has 3 aromatic rings. The van der Waals surface area contributed by atoms with E-state index in [1.807, 2.05) is 45.0 Å². The fourth-order valence-corrected chi connectivity index (χ4v) is 4.44. The molecule has 1 N–H and O–H groups in total. The van der Waals surface area contributed by atoms with Gasteiger partial charge in [-0.1, -0.05) is 30.3 Å². The summed E-state index contributed by atoms with van der Waals surface area (Å²) in [7, 11) is 0. The van der Waals surface area contributed by atoms with Gasteiger partial charge in [-0.15, -0.1) is 0 Å². The van der Waals surface area contributed by atoms with Gasteiger partial charge in [0.1, 0.15) is 12.2 Å². The van der Waals surface area contributed by atoms with Crippen LogP contribution in [0.1, 0.15) is 56.4 Å². The number of cyclic esters (lactones) is 1. The molecule has 8 nitrogen and oxygen atoms in total. The number of aliphatic hydroxyl groups is 1. The fraction of sp³-hybridized carbons (Fsp3) is 0.360. The lowest BCUT2D eigenvalue weighted by Gasteiger charge is -2.31. The molecule has 0 spiro atoms. The summed E-state index contributed by atoms with van der Waals surface area (Å²) in [5, 5.41) is 16.1. The number of fused-ring (bicyclic) bond motifs is 5. The van der Waals surface area contributed by atoms with Gasteiger partial charge in [0.15, 0.2) is 5.60 Å². The molecule has 8 heteroatoms. The molecule has 0 unspecified atom stereocenters. The highest BCUT2D eigenvalue weighted by atomic mass is 16.6. The van der Waals surface area contributed by atoms with Gasteiger partial charge in [-0.25, -0.2) is 9.78 Å². The van der Waals surface area contributed by atoms with Crippen molar-refractivity contribution in [3.63, 3.8) is 0 Å². The molecule has 2 aliphatic heterocycles. The Kier molecular flexibility index (Phi) is 4.68. The number of esters is 1. The number of oxime groups is 1. The van der Waals surface area contributed by atoms with Gasteiger partial charge in [0.25, 0.3) is 5.56 Å². The predicted octanol–water partition coefficient (Wildman–Crippen LogP) is 3.23. The van der Waals surface area contributed by atoms with Crippen LogP contribution in [0.25, 0.3) is 22.3 Å². The SMILES string of the molecule is CC[C@@]1(O)C(=O)OCc2c1cc1n(c2=O)Cc2c-1nc1ccccc1c2/C=N\OC(C)(C)C. The lowest BCUT2D eigenvalue weighted by atomic mass is 9.86.